The molecule has 1 aromatic carbocycles. The van der Waals surface area contributed by atoms with E-state index in [1.165, 1.54) is 0 Å². The molecule has 2 heterocycles. The summed E-state index contributed by atoms with van der Waals surface area (Å²) < 4.78 is 6.08. The Morgan fingerprint density at radius 3 is 2.85 bits per heavy atom. The molecule has 0 spiro atoms. The number of phenols is 1. The van der Waals surface area contributed by atoms with Crippen LogP contribution in [0.3, 0.4) is 0 Å². The highest BCUT2D eigenvalue weighted by molar-refractivity contribution is 5.41. The van der Waals surface area contributed by atoms with Crippen LogP contribution >= 0.6 is 0 Å². The van der Waals surface area contributed by atoms with Crippen LogP contribution in [0.5, 0.6) is 11.5 Å². The monoisotopic (exact) mass is 270 g/mol. The lowest BCUT2D eigenvalue weighted by atomic mass is 9.94. The van der Waals surface area contributed by atoms with Gasteiger partial charge in [-0.15, -0.1) is 0 Å². The van der Waals surface area contributed by atoms with Gasteiger partial charge in [-0.2, -0.15) is 0 Å². The van der Waals surface area contributed by atoms with Gasteiger partial charge < -0.3 is 15.2 Å². The molecule has 0 saturated heterocycles. The van der Waals surface area contributed by atoms with Crippen molar-refractivity contribution in [2.24, 2.45) is 0 Å². The predicted octanol–water partition coefficient (Wildman–Crippen LogP) is 2.44. The summed E-state index contributed by atoms with van der Waals surface area (Å²) in [5.74, 6) is 1.03. The first-order valence-electron chi connectivity index (χ1n) is 6.83. The van der Waals surface area contributed by atoms with Crippen molar-refractivity contribution in [3.8, 4) is 11.5 Å². The zero-order valence-electron chi connectivity index (χ0n) is 11.4. The van der Waals surface area contributed by atoms with Crippen molar-refractivity contribution in [3.05, 3.63) is 53.9 Å². The van der Waals surface area contributed by atoms with Crippen LogP contribution in [0.15, 0.2) is 42.7 Å². The zero-order valence-corrected chi connectivity index (χ0v) is 11.4. The fourth-order valence-corrected chi connectivity index (χ4v) is 2.75. The number of hydrogen-bond donors (Lipinski definition) is 2. The maximum Gasteiger partial charge on any atom is 0.126 e. The third-order valence-corrected chi connectivity index (χ3v) is 3.78. The van der Waals surface area contributed by atoms with Crippen molar-refractivity contribution < 1.29 is 9.84 Å². The molecular formula is C16H18N2O2. The summed E-state index contributed by atoms with van der Waals surface area (Å²) in [6, 6.07) is 9.46. The molecule has 2 N–H and O–H groups in total. The highest BCUT2D eigenvalue weighted by Crippen LogP contribution is 2.34. The van der Waals surface area contributed by atoms with Gasteiger partial charge in [-0.1, -0.05) is 6.07 Å². The maximum absolute atomic E-state index is 9.58. The summed E-state index contributed by atoms with van der Waals surface area (Å²) in [7, 11) is 1.94. The summed E-state index contributed by atoms with van der Waals surface area (Å²) in [5, 5.41) is 12.9. The fourth-order valence-electron chi connectivity index (χ4n) is 2.75. The first kappa shape index (κ1) is 12.9. The lowest BCUT2D eigenvalue weighted by Crippen LogP contribution is -2.36. The number of benzene rings is 1. The van der Waals surface area contributed by atoms with E-state index in [9.17, 15) is 5.11 Å². The Labute approximate surface area is 118 Å². The Bertz CT molecular complexity index is 586. The van der Waals surface area contributed by atoms with Crippen LogP contribution in [0, 0.1) is 0 Å². The minimum Gasteiger partial charge on any atom is -0.508 e. The van der Waals surface area contributed by atoms with Gasteiger partial charge >= 0.3 is 0 Å². The third kappa shape index (κ3) is 2.47. The number of aromatic hydroxyl groups is 1. The van der Waals surface area contributed by atoms with E-state index >= 15 is 0 Å². The Morgan fingerprint density at radius 2 is 2.10 bits per heavy atom. The molecule has 2 atom stereocenters. The van der Waals surface area contributed by atoms with Gasteiger partial charge in [0.2, 0.25) is 0 Å². The Morgan fingerprint density at radius 1 is 1.30 bits per heavy atom. The SMILES string of the molecule is CNC(c1ccncc1)C1CCc2ccc(O)cc2O1. The van der Waals surface area contributed by atoms with E-state index in [2.05, 4.69) is 10.3 Å². The second kappa shape index (κ2) is 5.51. The summed E-state index contributed by atoms with van der Waals surface area (Å²) >= 11 is 0. The van der Waals surface area contributed by atoms with Crippen molar-refractivity contribution in [2.75, 3.05) is 7.05 Å². The number of nitrogens with zero attached hydrogens (tertiary/aromatic N) is 1. The van der Waals surface area contributed by atoms with Crippen molar-refractivity contribution in [3.63, 3.8) is 0 Å². The predicted molar refractivity (Wildman–Crippen MR) is 76.9 cm³/mol. The van der Waals surface area contributed by atoms with Crippen molar-refractivity contribution in [1.82, 2.24) is 10.3 Å². The van der Waals surface area contributed by atoms with Gasteiger partial charge in [0, 0.05) is 18.5 Å². The summed E-state index contributed by atoms with van der Waals surface area (Å²) in [4.78, 5) is 4.05. The van der Waals surface area contributed by atoms with E-state index in [4.69, 9.17) is 4.74 Å². The van der Waals surface area contributed by atoms with Gasteiger partial charge in [-0.3, -0.25) is 4.98 Å². The molecule has 4 heteroatoms. The summed E-state index contributed by atoms with van der Waals surface area (Å²) in [6.07, 6.45) is 5.55. The molecular weight excluding hydrogens is 252 g/mol. The summed E-state index contributed by atoms with van der Waals surface area (Å²) in [6.45, 7) is 0. The summed E-state index contributed by atoms with van der Waals surface area (Å²) in [5.41, 5.74) is 2.32. The number of nitrogens with one attached hydrogen (secondary N) is 1. The number of ether oxygens (including phenoxy) is 1. The zero-order chi connectivity index (χ0) is 13.9. The van der Waals surface area contributed by atoms with E-state index < -0.39 is 0 Å². The quantitative estimate of drug-likeness (QED) is 0.899. The Hall–Kier alpha value is -2.07. The minimum absolute atomic E-state index is 0.0525. The molecule has 4 nitrogen and oxygen atoms in total. The second-order valence-corrected chi connectivity index (χ2v) is 5.03. The van der Waals surface area contributed by atoms with Crippen LogP contribution in [0.25, 0.3) is 0 Å². The van der Waals surface area contributed by atoms with Crippen molar-refractivity contribution in [2.45, 2.75) is 25.0 Å². The standard InChI is InChI=1S/C16H18N2O2/c1-17-16(12-6-8-18-9-7-12)14-5-3-11-2-4-13(19)10-15(11)20-14/h2,4,6-10,14,16-17,19H,3,5H2,1H3. The lowest BCUT2D eigenvalue weighted by molar-refractivity contribution is 0.132. The Kier molecular flexibility index (Phi) is 3.56. The smallest absolute Gasteiger partial charge is 0.126 e. The molecule has 3 rings (SSSR count). The number of hydrogen-bond acceptors (Lipinski definition) is 4. The van der Waals surface area contributed by atoms with Gasteiger partial charge in [-0.05, 0) is 49.2 Å². The van der Waals surface area contributed by atoms with Gasteiger partial charge in [-0.25, -0.2) is 0 Å². The second-order valence-electron chi connectivity index (χ2n) is 5.03. The first-order chi connectivity index (χ1) is 9.78. The molecule has 0 aliphatic carbocycles. The van der Waals surface area contributed by atoms with E-state index in [1.54, 1.807) is 24.5 Å². The van der Waals surface area contributed by atoms with Crippen LogP contribution in [0.1, 0.15) is 23.6 Å². The Balaban J connectivity index is 1.85. The average molecular weight is 270 g/mol. The van der Waals surface area contributed by atoms with Crippen molar-refractivity contribution in [1.29, 1.82) is 0 Å². The molecule has 20 heavy (non-hydrogen) atoms. The van der Waals surface area contributed by atoms with Gasteiger partial charge in [0.05, 0.1) is 6.04 Å². The molecule has 2 unspecified atom stereocenters. The first-order valence-corrected chi connectivity index (χ1v) is 6.83. The topological polar surface area (TPSA) is 54.4 Å². The van der Waals surface area contributed by atoms with E-state index in [0.717, 1.165) is 29.7 Å². The molecule has 0 fully saturated rings. The van der Waals surface area contributed by atoms with Gasteiger partial charge in [0.15, 0.2) is 0 Å². The molecule has 1 aliphatic rings. The average Bonchev–Trinajstić information content (AvgIpc) is 2.49. The number of pyridine rings is 1. The molecule has 0 bridgehead atoms. The third-order valence-electron chi connectivity index (χ3n) is 3.78. The van der Waals surface area contributed by atoms with E-state index in [0.29, 0.717) is 0 Å². The molecule has 0 radical (unpaired) electrons. The molecule has 1 aliphatic heterocycles. The molecule has 104 valence electrons. The fraction of sp³-hybridized carbons (Fsp3) is 0.312. The van der Waals surface area contributed by atoms with Crippen LogP contribution < -0.4 is 10.1 Å². The molecule has 1 aromatic heterocycles. The van der Waals surface area contributed by atoms with E-state index in [-0.39, 0.29) is 17.9 Å². The lowest BCUT2D eigenvalue weighted by Gasteiger charge is -2.32. The van der Waals surface area contributed by atoms with E-state index in [1.807, 2.05) is 25.2 Å². The number of rotatable bonds is 3. The van der Waals surface area contributed by atoms with Gasteiger partial charge in [0.1, 0.15) is 17.6 Å². The number of phenolic OH excluding ortho intramolecular Hbond substituents is 1. The highest BCUT2D eigenvalue weighted by atomic mass is 16.5. The molecule has 0 amide bonds. The largest absolute Gasteiger partial charge is 0.508 e. The van der Waals surface area contributed by atoms with Crippen LogP contribution in [-0.2, 0) is 6.42 Å². The number of aromatic nitrogens is 1. The molecule has 0 saturated carbocycles. The normalized spacial score (nSPS) is 18.9. The van der Waals surface area contributed by atoms with Crippen LogP contribution in [0.4, 0.5) is 0 Å². The number of likely N-dealkylation sites (N-methyl/N-ethyl adjacent to an activating group) is 1. The van der Waals surface area contributed by atoms with Crippen LogP contribution in [0.2, 0.25) is 0 Å². The van der Waals surface area contributed by atoms with Gasteiger partial charge in [0.25, 0.3) is 0 Å². The number of fused-ring (bicyclic) bond motifs is 1. The van der Waals surface area contributed by atoms with Crippen molar-refractivity contribution >= 4 is 0 Å². The van der Waals surface area contributed by atoms with Crippen LogP contribution in [-0.4, -0.2) is 23.2 Å². The number of aryl methyl sites for hydroxylation is 1. The highest BCUT2D eigenvalue weighted by Gasteiger charge is 2.28. The maximum atomic E-state index is 9.58. The molecule has 2 aromatic rings. The minimum atomic E-state index is 0.0525.